The molecule has 94 valence electrons. The number of nitrogens with zero attached hydrogens (tertiary/aromatic N) is 2. The van der Waals surface area contributed by atoms with E-state index in [4.69, 9.17) is 10.8 Å². The van der Waals surface area contributed by atoms with Crippen molar-refractivity contribution >= 4 is 11.9 Å². The van der Waals surface area contributed by atoms with Crippen LogP contribution in [0, 0.1) is 13.8 Å². The summed E-state index contributed by atoms with van der Waals surface area (Å²) < 4.78 is 0. The molecule has 0 unspecified atom stereocenters. The van der Waals surface area contributed by atoms with E-state index in [0.29, 0.717) is 11.5 Å². The number of aryl methyl sites for hydroxylation is 2. The standard InChI is InChI=1S/C8H8O2.C5H7N3/c1-6-4-2-3-5-7(6)8(9)10;1-4-2-3-7-5(6)8-4/h2-5H,1H3,(H,9,10);2-3H,1H3,(H2,6,7,8). The highest BCUT2D eigenvalue weighted by atomic mass is 16.4. The van der Waals surface area contributed by atoms with Crippen molar-refractivity contribution in [2.45, 2.75) is 13.8 Å². The van der Waals surface area contributed by atoms with E-state index in [1.54, 1.807) is 37.4 Å². The van der Waals surface area contributed by atoms with Gasteiger partial charge in [0, 0.05) is 11.9 Å². The van der Waals surface area contributed by atoms with Crippen LogP contribution in [0.25, 0.3) is 0 Å². The van der Waals surface area contributed by atoms with E-state index in [1.807, 2.05) is 13.0 Å². The number of nitrogens with two attached hydrogens (primary N) is 1. The molecule has 1 aromatic heterocycles. The molecule has 0 radical (unpaired) electrons. The minimum atomic E-state index is -0.863. The molecule has 0 fully saturated rings. The molecule has 0 aliphatic carbocycles. The first kappa shape index (κ1) is 13.6. The van der Waals surface area contributed by atoms with Crippen molar-refractivity contribution in [1.29, 1.82) is 0 Å². The smallest absolute Gasteiger partial charge is 0.335 e. The predicted molar refractivity (Wildman–Crippen MR) is 69.3 cm³/mol. The fourth-order valence-corrected chi connectivity index (χ4v) is 1.28. The highest BCUT2D eigenvalue weighted by Gasteiger charge is 2.02. The first-order chi connectivity index (χ1) is 8.50. The van der Waals surface area contributed by atoms with Gasteiger partial charge >= 0.3 is 5.97 Å². The van der Waals surface area contributed by atoms with Crippen LogP contribution < -0.4 is 5.73 Å². The molecule has 1 aromatic carbocycles. The third-order valence-corrected chi connectivity index (χ3v) is 2.19. The molecule has 0 atom stereocenters. The Kier molecular flexibility index (Phi) is 4.80. The quantitative estimate of drug-likeness (QED) is 0.802. The second-order valence-electron chi connectivity index (χ2n) is 3.68. The summed E-state index contributed by atoms with van der Waals surface area (Å²) in [4.78, 5) is 18.0. The molecule has 5 heteroatoms. The Morgan fingerprint density at radius 1 is 1.22 bits per heavy atom. The number of aromatic carboxylic acids is 1. The van der Waals surface area contributed by atoms with Gasteiger partial charge in [-0.25, -0.2) is 14.8 Å². The zero-order chi connectivity index (χ0) is 13.5. The summed E-state index contributed by atoms with van der Waals surface area (Å²) in [6.07, 6.45) is 1.64. The minimum absolute atomic E-state index is 0.338. The van der Waals surface area contributed by atoms with E-state index >= 15 is 0 Å². The third-order valence-electron chi connectivity index (χ3n) is 2.19. The van der Waals surface area contributed by atoms with Gasteiger partial charge in [0.05, 0.1) is 5.56 Å². The van der Waals surface area contributed by atoms with Crippen LogP contribution in [-0.4, -0.2) is 21.0 Å². The molecule has 0 spiro atoms. The summed E-state index contributed by atoms with van der Waals surface area (Å²) in [6, 6.07) is 8.72. The molecule has 1 heterocycles. The molecule has 0 saturated heterocycles. The molecule has 5 nitrogen and oxygen atoms in total. The van der Waals surface area contributed by atoms with Crippen molar-refractivity contribution in [3.05, 3.63) is 53.3 Å². The minimum Gasteiger partial charge on any atom is -0.478 e. The number of hydrogen-bond donors (Lipinski definition) is 2. The Morgan fingerprint density at radius 3 is 2.28 bits per heavy atom. The van der Waals surface area contributed by atoms with Gasteiger partial charge in [0.2, 0.25) is 5.95 Å². The Hall–Kier alpha value is -2.43. The van der Waals surface area contributed by atoms with Gasteiger partial charge in [-0.15, -0.1) is 0 Å². The van der Waals surface area contributed by atoms with E-state index in [2.05, 4.69) is 9.97 Å². The molecule has 0 amide bonds. The predicted octanol–water partition coefficient (Wildman–Crippen LogP) is 2.06. The number of nitrogen functional groups attached to an aromatic ring is 1. The van der Waals surface area contributed by atoms with E-state index < -0.39 is 5.97 Å². The summed E-state index contributed by atoms with van der Waals surface area (Å²) in [6.45, 7) is 3.65. The van der Waals surface area contributed by atoms with Crippen molar-refractivity contribution < 1.29 is 9.90 Å². The molecule has 2 rings (SSSR count). The number of carbonyl (C=O) groups is 1. The molecule has 0 saturated carbocycles. The van der Waals surface area contributed by atoms with E-state index in [9.17, 15) is 4.79 Å². The number of benzene rings is 1. The number of carboxylic acid groups (broad SMARTS) is 1. The van der Waals surface area contributed by atoms with Gasteiger partial charge in [0.15, 0.2) is 0 Å². The fraction of sp³-hybridized carbons (Fsp3) is 0.154. The Morgan fingerprint density at radius 2 is 1.89 bits per heavy atom. The molecule has 18 heavy (non-hydrogen) atoms. The molecule has 0 aliphatic heterocycles. The second-order valence-corrected chi connectivity index (χ2v) is 3.68. The van der Waals surface area contributed by atoms with Gasteiger partial charge in [-0.3, -0.25) is 0 Å². The number of rotatable bonds is 1. The molecule has 2 aromatic rings. The van der Waals surface area contributed by atoms with Gasteiger partial charge in [0.25, 0.3) is 0 Å². The third kappa shape index (κ3) is 4.21. The average molecular weight is 245 g/mol. The number of carboxylic acids is 1. The van der Waals surface area contributed by atoms with Gasteiger partial charge in [-0.05, 0) is 31.5 Å². The van der Waals surface area contributed by atoms with Crippen molar-refractivity contribution in [2.24, 2.45) is 0 Å². The van der Waals surface area contributed by atoms with Crippen LogP contribution in [0.1, 0.15) is 21.6 Å². The fourth-order valence-electron chi connectivity index (χ4n) is 1.28. The van der Waals surface area contributed by atoms with Crippen LogP contribution in [0.3, 0.4) is 0 Å². The lowest BCUT2D eigenvalue weighted by molar-refractivity contribution is 0.0696. The SMILES string of the molecule is Cc1ccccc1C(=O)O.Cc1ccnc(N)n1. The number of hydrogen-bond acceptors (Lipinski definition) is 4. The van der Waals surface area contributed by atoms with Crippen molar-refractivity contribution in [1.82, 2.24) is 9.97 Å². The van der Waals surface area contributed by atoms with Gasteiger partial charge in [-0.2, -0.15) is 0 Å². The van der Waals surface area contributed by atoms with Gasteiger partial charge in [-0.1, -0.05) is 18.2 Å². The van der Waals surface area contributed by atoms with Gasteiger partial charge < -0.3 is 10.8 Å². The molecule has 0 aliphatic rings. The lowest BCUT2D eigenvalue weighted by atomic mass is 10.1. The molecular formula is C13H15N3O2. The molecule has 3 N–H and O–H groups in total. The van der Waals surface area contributed by atoms with E-state index in [0.717, 1.165) is 11.3 Å². The highest BCUT2D eigenvalue weighted by Crippen LogP contribution is 2.05. The first-order valence-electron chi connectivity index (χ1n) is 5.34. The van der Waals surface area contributed by atoms with Crippen LogP contribution in [-0.2, 0) is 0 Å². The normalized spacial score (nSPS) is 9.22. The lowest BCUT2D eigenvalue weighted by Crippen LogP contribution is -1.97. The van der Waals surface area contributed by atoms with Crippen LogP contribution in [0.15, 0.2) is 36.5 Å². The summed E-state index contributed by atoms with van der Waals surface area (Å²) in [5.74, 6) is -0.525. The zero-order valence-corrected chi connectivity index (χ0v) is 10.3. The van der Waals surface area contributed by atoms with Crippen LogP contribution >= 0.6 is 0 Å². The Bertz CT molecular complexity index is 524. The maximum atomic E-state index is 10.4. The van der Waals surface area contributed by atoms with Crippen LogP contribution in [0.2, 0.25) is 0 Å². The summed E-state index contributed by atoms with van der Waals surface area (Å²) in [5.41, 5.74) is 7.32. The van der Waals surface area contributed by atoms with Crippen LogP contribution in [0.4, 0.5) is 5.95 Å². The average Bonchev–Trinajstić information content (AvgIpc) is 2.29. The number of anilines is 1. The Balaban J connectivity index is 0.000000184. The largest absolute Gasteiger partial charge is 0.478 e. The van der Waals surface area contributed by atoms with Crippen molar-refractivity contribution in [2.75, 3.05) is 5.73 Å². The maximum Gasteiger partial charge on any atom is 0.335 e. The first-order valence-corrected chi connectivity index (χ1v) is 5.34. The Labute approximate surface area is 105 Å². The maximum absolute atomic E-state index is 10.4. The monoisotopic (exact) mass is 245 g/mol. The summed E-state index contributed by atoms with van der Waals surface area (Å²) in [5, 5.41) is 8.57. The molecular weight excluding hydrogens is 230 g/mol. The van der Waals surface area contributed by atoms with E-state index in [1.165, 1.54) is 0 Å². The summed E-state index contributed by atoms with van der Waals surface area (Å²) >= 11 is 0. The van der Waals surface area contributed by atoms with Crippen LogP contribution in [0.5, 0.6) is 0 Å². The molecule has 0 bridgehead atoms. The van der Waals surface area contributed by atoms with Crippen molar-refractivity contribution in [3.8, 4) is 0 Å². The zero-order valence-electron chi connectivity index (χ0n) is 10.3. The summed E-state index contributed by atoms with van der Waals surface area (Å²) in [7, 11) is 0. The second kappa shape index (κ2) is 6.34. The lowest BCUT2D eigenvalue weighted by Gasteiger charge is -1.96. The van der Waals surface area contributed by atoms with E-state index in [-0.39, 0.29) is 0 Å². The topological polar surface area (TPSA) is 89.1 Å². The highest BCUT2D eigenvalue weighted by molar-refractivity contribution is 5.89. The van der Waals surface area contributed by atoms with Gasteiger partial charge in [0.1, 0.15) is 0 Å². The van der Waals surface area contributed by atoms with Crippen molar-refractivity contribution in [3.63, 3.8) is 0 Å². The number of aromatic nitrogens is 2.